The van der Waals surface area contributed by atoms with E-state index in [4.69, 9.17) is 0 Å². The van der Waals surface area contributed by atoms with Gasteiger partial charge in [-0.2, -0.15) is 4.99 Å². The molecule has 2 aromatic heterocycles. The fourth-order valence-electron chi connectivity index (χ4n) is 2.38. The number of nitrogens with zero attached hydrogens (tertiary/aromatic N) is 2. The van der Waals surface area contributed by atoms with Crippen LogP contribution in [0.5, 0.6) is 0 Å². The van der Waals surface area contributed by atoms with Crippen LogP contribution in [0.3, 0.4) is 0 Å². The molecular formula is C18H18N2OS2. The quantitative estimate of drug-likeness (QED) is 0.637. The minimum Gasteiger partial charge on any atom is -0.316 e. The van der Waals surface area contributed by atoms with Gasteiger partial charge in [-0.25, -0.2) is 0 Å². The van der Waals surface area contributed by atoms with Crippen molar-refractivity contribution in [2.45, 2.75) is 26.8 Å². The van der Waals surface area contributed by atoms with Gasteiger partial charge in [0.25, 0.3) is 5.91 Å². The smallest absolute Gasteiger partial charge is 0.272 e. The van der Waals surface area contributed by atoms with Crippen LogP contribution in [0.2, 0.25) is 0 Å². The Morgan fingerprint density at radius 3 is 2.96 bits per heavy atom. The van der Waals surface area contributed by atoms with Gasteiger partial charge in [-0.05, 0) is 48.6 Å². The molecule has 3 nitrogen and oxygen atoms in total. The average molecular weight is 342 g/mol. The summed E-state index contributed by atoms with van der Waals surface area (Å²) in [5, 5.41) is 1.99. The maximum Gasteiger partial charge on any atom is 0.272 e. The van der Waals surface area contributed by atoms with Gasteiger partial charge >= 0.3 is 0 Å². The van der Waals surface area contributed by atoms with Crippen LogP contribution < -0.4 is 4.80 Å². The summed E-state index contributed by atoms with van der Waals surface area (Å²) in [4.78, 5) is 18.3. The fraction of sp³-hybridized carbons (Fsp3) is 0.222. The molecule has 1 aromatic carbocycles. The molecule has 0 N–H and O–H groups in total. The van der Waals surface area contributed by atoms with E-state index < -0.39 is 0 Å². The van der Waals surface area contributed by atoms with Crippen molar-refractivity contribution in [3.8, 4) is 0 Å². The molecule has 118 valence electrons. The molecule has 0 atom stereocenters. The highest BCUT2D eigenvalue weighted by Crippen LogP contribution is 2.19. The third kappa shape index (κ3) is 3.68. The van der Waals surface area contributed by atoms with E-state index in [-0.39, 0.29) is 5.91 Å². The van der Waals surface area contributed by atoms with Crippen molar-refractivity contribution in [3.63, 3.8) is 0 Å². The first-order chi connectivity index (χ1) is 11.2. The highest BCUT2D eigenvalue weighted by molar-refractivity contribution is 7.16. The van der Waals surface area contributed by atoms with E-state index >= 15 is 0 Å². The molecule has 3 rings (SSSR count). The summed E-state index contributed by atoms with van der Waals surface area (Å²) < 4.78 is 3.31. The van der Waals surface area contributed by atoms with Gasteiger partial charge in [0.1, 0.15) is 0 Å². The van der Waals surface area contributed by atoms with Crippen LogP contribution in [0.25, 0.3) is 16.3 Å². The Hall–Kier alpha value is -1.98. The number of amides is 1. The number of rotatable bonds is 4. The standard InChI is InChI=1S/C18H18N2OS2/c1-3-10-20-15-8-6-13(2)12-16(15)23-18(20)19-17(21)9-7-14-5-4-11-22-14/h4-9,11-12H,3,10H2,1-2H3. The minimum absolute atomic E-state index is 0.216. The van der Waals surface area contributed by atoms with Crippen LogP contribution in [-0.4, -0.2) is 10.5 Å². The highest BCUT2D eigenvalue weighted by atomic mass is 32.1. The van der Waals surface area contributed by atoms with Gasteiger partial charge in [-0.3, -0.25) is 4.79 Å². The van der Waals surface area contributed by atoms with Crippen LogP contribution in [0.1, 0.15) is 23.8 Å². The molecule has 0 unspecified atom stereocenters. The molecule has 0 spiro atoms. The number of aromatic nitrogens is 1. The van der Waals surface area contributed by atoms with Crippen molar-refractivity contribution in [1.82, 2.24) is 4.57 Å². The second kappa shape index (κ2) is 7.06. The van der Waals surface area contributed by atoms with Gasteiger partial charge in [0, 0.05) is 17.5 Å². The third-order valence-electron chi connectivity index (χ3n) is 3.42. The lowest BCUT2D eigenvalue weighted by atomic mass is 10.2. The number of carbonyl (C=O) groups excluding carboxylic acids is 1. The van der Waals surface area contributed by atoms with Crippen LogP contribution in [0.15, 0.2) is 46.8 Å². The van der Waals surface area contributed by atoms with Crippen LogP contribution in [-0.2, 0) is 11.3 Å². The Bertz CT molecular complexity index is 914. The number of thiazole rings is 1. The number of thiophene rings is 1. The fourth-order valence-corrected chi connectivity index (χ4v) is 4.15. The molecule has 0 radical (unpaired) electrons. The molecular weight excluding hydrogens is 324 g/mol. The number of carbonyl (C=O) groups is 1. The summed E-state index contributed by atoms with van der Waals surface area (Å²) in [7, 11) is 0. The van der Waals surface area contributed by atoms with Crippen LogP contribution >= 0.6 is 22.7 Å². The summed E-state index contributed by atoms with van der Waals surface area (Å²) in [6.45, 7) is 5.08. The SMILES string of the molecule is CCCn1c(=NC(=O)C=Cc2cccs2)sc2cc(C)ccc21. The van der Waals surface area contributed by atoms with Crippen molar-refractivity contribution in [1.29, 1.82) is 0 Å². The van der Waals surface area contributed by atoms with Crippen molar-refractivity contribution in [3.05, 3.63) is 57.0 Å². The molecule has 5 heteroatoms. The molecule has 0 aliphatic carbocycles. The highest BCUT2D eigenvalue weighted by Gasteiger charge is 2.06. The lowest BCUT2D eigenvalue weighted by Gasteiger charge is -2.02. The zero-order valence-electron chi connectivity index (χ0n) is 13.2. The third-order valence-corrected chi connectivity index (χ3v) is 5.30. The van der Waals surface area contributed by atoms with E-state index in [0.29, 0.717) is 0 Å². The number of hydrogen-bond donors (Lipinski definition) is 0. The Labute approximate surface area is 143 Å². The lowest BCUT2D eigenvalue weighted by molar-refractivity contribution is -0.113. The molecule has 3 aromatic rings. The molecule has 2 heterocycles. The molecule has 0 bridgehead atoms. The molecule has 0 aliphatic heterocycles. The van der Waals surface area contributed by atoms with E-state index in [1.54, 1.807) is 22.7 Å². The molecule has 23 heavy (non-hydrogen) atoms. The first-order valence-corrected chi connectivity index (χ1v) is 9.27. The number of aryl methyl sites for hydroxylation is 2. The number of hydrogen-bond acceptors (Lipinski definition) is 3. The van der Waals surface area contributed by atoms with E-state index in [9.17, 15) is 4.79 Å². The molecule has 0 saturated carbocycles. The van der Waals surface area contributed by atoms with Gasteiger partial charge in [0.2, 0.25) is 0 Å². The maximum atomic E-state index is 12.2. The average Bonchev–Trinajstić information content (AvgIpc) is 3.14. The second-order valence-electron chi connectivity index (χ2n) is 5.31. The number of fused-ring (bicyclic) bond motifs is 1. The predicted molar refractivity (Wildman–Crippen MR) is 98.8 cm³/mol. The molecule has 0 aliphatic rings. The Morgan fingerprint density at radius 2 is 2.22 bits per heavy atom. The Kier molecular flexibility index (Phi) is 4.88. The largest absolute Gasteiger partial charge is 0.316 e. The summed E-state index contributed by atoms with van der Waals surface area (Å²) in [5.74, 6) is -0.216. The van der Waals surface area contributed by atoms with E-state index in [2.05, 4.69) is 41.6 Å². The maximum absolute atomic E-state index is 12.2. The predicted octanol–water partition coefficient (Wildman–Crippen LogP) is 4.62. The van der Waals surface area contributed by atoms with Crippen molar-refractivity contribution < 1.29 is 4.79 Å². The zero-order chi connectivity index (χ0) is 16.2. The molecule has 0 saturated heterocycles. The summed E-state index contributed by atoms with van der Waals surface area (Å²) >= 11 is 3.18. The van der Waals surface area contributed by atoms with E-state index in [0.717, 1.165) is 28.2 Å². The second-order valence-corrected chi connectivity index (χ2v) is 7.29. The van der Waals surface area contributed by atoms with Crippen molar-refractivity contribution in [2.24, 2.45) is 4.99 Å². The first-order valence-electron chi connectivity index (χ1n) is 7.57. The molecule has 0 fully saturated rings. The molecule has 1 amide bonds. The van der Waals surface area contributed by atoms with E-state index in [1.165, 1.54) is 16.3 Å². The van der Waals surface area contributed by atoms with E-state index in [1.807, 2.05) is 23.6 Å². The summed E-state index contributed by atoms with van der Waals surface area (Å²) in [6, 6.07) is 10.3. The van der Waals surface area contributed by atoms with Crippen LogP contribution in [0.4, 0.5) is 0 Å². The Morgan fingerprint density at radius 1 is 1.35 bits per heavy atom. The summed E-state index contributed by atoms with van der Waals surface area (Å²) in [6.07, 6.45) is 4.36. The summed E-state index contributed by atoms with van der Waals surface area (Å²) in [5.41, 5.74) is 2.37. The first kappa shape index (κ1) is 15.9. The van der Waals surface area contributed by atoms with Gasteiger partial charge in [0.15, 0.2) is 4.80 Å². The van der Waals surface area contributed by atoms with Gasteiger partial charge in [0.05, 0.1) is 10.2 Å². The number of benzene rings is 1. The van der Waals surface area contributed by atoms with Gasteiger partial charge in [-0.15, -0.1) is 11.3 Å². The van der Waals surface area contributed by atoms with Crippen molar-refractivity contribution in [2.75, 3.05) is 0 Å². The van der Waals surface area contributed by atoms with Gasteiger partial charge < -0.3 is 4.57 Å². The van der Waals surface area contributed by atoms with Gasteiger partial charge in [-0.1, -0.05) is 30.4 Å². The monoisotopic (exact) mass is 342 g/mol. The zero-order valence-corrected chi connectivity index (χ0v) is 14.8. The lowest BCUT2D eigenvalue weighted by Crippen LogP contribution is -2.16. The van der Waals surface area contributed by atoms with Crippen LogP contribution in [0, 0.1) is 6.92 Å². The van der Waals surface area contributed by atoms with Crippen molar-refractivity contribution >= 4 is 44.9 Å². The minimum atomic E-state index is -0.216. The normalized spacial score (nSPS) is 12.5. The Balaban J connectivity index is 2.00. The topological polar surface area (TPSA) is 34.4 Å².